The number of thiocarbonyl (C=S) groups is 1. The Morgan fingerprint density at radius 1 is 1.29 bits per heavy atom. The molecule has 0 aromatic heterocycles. The van der Waals surface area contributed by atoms with Crippen LogP contribution in [0.5, 0.6) is 0 Å². The van der Waals surface area contributed by atoms with Gasteiger partial charge in [-0.3, -0.25) is 0 Å². The van der Waals surface area contributed by atoms with Gasteiger partial charge in [0.05, 0.1) is 0 Å². The molecule has 1 aromatic rings. The third kappa shape index (κ3) is 3.01. The second kappa shape index (κ2) is 5.56. The quantitative estimate of drug-likeness (QED) is 0.786. The minimum atomic E-state index is 0.788. The zero-order valence-electron chi connectivity index (χ0n) is 9.82. The maximum Gasteiger partial charge on any atom is 0.168 e. The van der Waals surface area contributed by atoms with Crippen molar-refractivity contribution in [3.05, 3.63) is 29.3 Å². The molecule has 2 rings (SSSR count). The van der Waals surface area contributed by atoms with Crippen molar-refractivity contribution < 1.29 is 0 Å². The summed E-state index contributed by atoms with van der Waals surface area (Å²) in [5.74, 6) is 0. The molecule has 0 atom stereocenters. The standard InChI is InChI=1S/C12H16ClN3S/c1-14-12(17)16-7-5-15(6-8-16)11-4-2-3-10(13)9-11/h2-4,9H,5-8H2,1H3,(H,14,17). The Morgan fingerprint density at radius 2 is 2.00 bits per heavy atom. The molecule has 17 heavy (non-hydrogen) atoms. The average molecular weight is 270 g/mol. The Bertz CT molecular complexity index is 402. The van der Waals surface area contributed by atoms with E-state index in [1.54, 1.807) is 0 Å². The molecular weight excluding hydrogens is 254 g/mol. The summed E-state index contributed by atoms with van der Waals surface area (Å²) in [6, 6.07) is 7.99. The van der Waals surface area contributed by atoms with Gasteiger partial charge in [0, 0.05) is 43.9 Å². The van der Waals surface area contributed by atoms with Crippen molar-refractivity contribution >= 4 is 34.6 Å². The molecule has 1 N–H and O–H groups in total. The second-order valence-corrected chi connectivity index (χ2v) is 4.83. The van der Waals surface area contributed by atoms with Gasteiger partial charge in [0.25, 0.3) is 0 Å². The number of halogens is 1. The fourth-order valence-electron chi connectivity index (χ4n) is 2.00. The first-order valence-corrected chi connectivity index (χ1v) is 6.46. The van der Waals surface area contributed by atoms with Crippen molar-refractivity contribution in [2.45, 2.75) is 0 Å². The van der Waals surface area contributed by atoms with E-state index < -0.39 is 0 Å². The Kier molecular flexibility index (Phi) is 4.07. The summed E-state index contributed by atoms with van der Waals surface area (Å²) in [6.07, 6.45) is 0. The third-order valence-electron chi connectivity index (χ3n) is 2.95. The predicted molar refractivity (Wildman–Crippen MR) is 76.9 cm³/mol. The van der Waals surface area contributed by atoms with Gasteiger partial charge in [0.2, 0.25) is 0 Å². The molecule has 1 aromatic carbocycles. The zero-order chi connectivity index (χ0) is 12.3. The molecule has 0 amide bonds. The number of anilines is 1. The van der Waals surface area contributed by atoms with Crippen molar-refractivity contribution in [1.29, 1.82) is 0 Å². The number of nitrogens with zero attached hydrogens (tertiary/aromatic N) is 2. The van der Waals surface area contributed by atoms with Gasteiger partial charge in [-0.1, -0.05) is 17.7 Å². The highest BCUT2D eigenvalue weighted by Crippen LogP contribution is 2.20. The molecular formula is C12H16ClN3S. The van der Waals surface area contributed by atoms with Crippen LogP contribution >= 0.6 is 23.8 Å². The van der Waals surface area contributed by atoms with E-state index in [4.69, 9.17) is 23.8 Å². The van der Waals surface area contributed by atoms with Crippen LogP contribution in [0.15, 0.2) is 24.3 Å². The first-order valence-electron chi connectivity index (χ1n) is 5.68. The normalized spacial score (nSPS) is 15.9. The van der Waals surface area contributed by atoms with Crippen molar-refractivity contribution in [3.63, 3.8) is 0 Å². The van der Waals surface area contributed by atoms with E-state index in [0.29, 0.717) is 0 Å². The molecule has 1 fully saturated rings. The molecule has 3 nitrogen and oxygen atoms in total. The summed E-state index contributed by atoms with van der Waals surface area (Å²) in [5, 5.41) is 4.63. The lowest BCUT2D eigenvalue weighted by Gasteiger charge is -2.37. The Morgan fingerprint density at radius 3 is 2.59 bits per heavy atom. The van der Waals surface area contributed by atoms with Crippen LogP contribution in [0.2, 0.25) is 5.02 Å². The van der Waals surface area contributed by atoms with Crippen LogP contribution in [0.1, 0.15) is 0 Å². The van der Waals surface area contributed by atoms with Crippen LogP contribution in [0.25, 0.3) is 0 Å². The first kappa shape index (κ1) is 12.5. The molecule has 1 heterocycles. The minimum absolute atomic E-state index is 0.788. The van der Waals surface area contributed by atoms with Gasteiger partial charge in [0.1, 0.15) is 0 Å². The number of nitrogens with one attached hydrogen (secondary N) is 1. The number of hydrogen-bond donors (Lipinski definition) is 1. The summed E-state index contributed by atoms with van der Waals surface area (Å²) in [5.41, 5.74) is 1.19. The van der Waals surface area contributed by atoms with Crippen LogP contribution in [0.3, 0.4) is 0 Å². The molecule has 0 radical (unpaired) electrons. The van der Waals surface area contributed by atoms with E-state index >= 15 is 0 Å². The topological polar surface area (TPSA) is 18.5 Å². The van der Waals surface area contributed by atoms with Crippen LogP contribution in [0.4, 0.5) is 5.69 Å². The summed E-state index contributed by atoms with van der Waals surface area (Å²) >= 11 is 11.2. The Balaban J connectivity index is 1.97. The maximum absolute atomic E-state index is 6.00. The summed E-state index contributed by atoms with van der Waals surface area (Å²) in [4.78, 5) is 4.52. The van der Waals surface area contributed by atoms with Gasteiger partial charge in [-0.25, -0.2) is 0 Å². The van der Waals surface area contributed by atoms with Crippen molar-refractivity contribution in [3.8, 4) is 0 Å². The summed E-state index contributed by atoms with van der Waals surface area (Å²) < 4.78 is 0. The summed E-state index contributed by atoms with van der Waals surface area (Å²) in [6.45, 7) is 3.85. The SMILES string of the molecule is CNC(=S)N1CCN(c2cccc(Cl)c2)CC1. The molecule has 0 aliphatic carbocycles. The van der Waals surface area contributed by atoms with Crippen molar-refractivity contribution in [2.24, 2.45) is 0 Å². The molecule has 0 spiro atoms. The van der Waals surface area contributed by atoms with Crippen LogP contribution < -0.4 is 10.2 Å². The monoisotopic (exact) mass is 269 g/mol. The van der Waals surface area contributed by atoms with E-state index in [1.165, 1.54) is 5.69 Å². The van der Waals surface area contributed by atoms with Gasteiger partial charge in [0.15, 0.2) is 5.11 Å². The molecule has 92 valence electrons. The molecule has 0 saturated carbocycles. The molecule has 0 bridgehead atoms. The minimum Gasteiger partial charge on any atom is -0.368 e. The van der Waals surface area contributed by atoms with Crippen LogP contribution in [-0.2, 0) is 0 Å². The molecule has 1 aliphatic heterocycles. The number of piperazine rings is 1. The molecule has 1 saturated heterocycles. The van der Waals surface area contributed by atoms with Gasteiger partial charge in [-0.05, 0) is 30.4 Å². The fourth-order valence-corrected chi connectivity index (χ4v) is 2.37. The van der Waals surface area contributed by atoms with Gasteiger partial charge in [-0.2, -0.15) is 0 Å². The molecule has 5 heteroatoms. The highest BCUT2D eigenvalue weighted by atomic mass is 35.5. The second-order valence-electron chi connectivity index (χ2n) is 4.01. The van der Waals surface area contributed by atoms with Crippen LogP contribution in [-0.4, -0.2) is 43.2 Å². The third-order valence-corrected chi connectivity index (χ3v) is 3.65. The molecule has 1 aliphatic rings. The maximum atomic E-state index is 6.00. The van der Waals surface area contributed by atoms with E-state index in [0.717, 1.165) is 36.3 Å². The highest BCUT2D eigenvalue weighted by molar-refractivity contribution is 7.80. The largest absolute Gasteiger partial charge is 0.368 e. The van der Waals surface area contributed by atoms with Gasteiger partial charge >= 0.3 is 0 Å². The van der Waals surface area contributed by atoms with Crippen molar-refractivity contribution in [2.75, 3.05) is 38.1 Å². The fraction of sp³-hybridized carbons (Fsp3) is 0.417. The number of hydrogen-bond acceptors (Lipinski definition) is 2. The lowest BCUT2D eigenvalue weighted by atomic mass is 10.2. The number of rotatable bonds is 1. The zero-order valence-corrected chi connectivity index (χ0v) is 11.4. The van der Waals surface area contributed by atoms with Crippen LogP contribution in [0, 0.1) is 0 Å². The van der Waals surface area contributed by atoms with E-state index in [2.05, 4.69) is 21.2 Å². The van der Waals surface area contributed by atoms with E-state index in [-0.39, 0.29) is 0 Å². The Labute approximate surface area is 112 Å². The highest BCUT2D eigenvalue weighted by Gasteiger charge is 2.18. The van der Waals surface area contributed by atoms with Gasteiger partial charge in [-0.15, -0.1) is 0 Å². The smallest absolute Gasteiger partial charge is 0.168 e. The number of benzene rings is 1. The van der Waals surface area contributed by atoms with E-state index in [9.17, 15) is 0 Å². The first-order chi connectivity index (χ1) is 8.20. The lowest BCUT2D eigenvalue weighted by molar-refractivity contribution is 0.383. The van der Waals surface area contributed by atoms with Gasteiger partial charge < -0.3 is 15.1 Å². The lowest BCUT2D eigenvalue weighted by Crippen LogP contribution is -2.51. The van der Waals surface area contributed by atoms with E-state index in [1.807, 2.05) is 25.2 Å². The average Bonchev–Trinajstić information content (AvgIpc) is 2.38. The predicted octanol–water partition coefficient (Wildman–Crippen LogP) is 1.97. The molecule has 0 unspecified atom stereocenters. The Hall–Kier alpha value is -1.00. The summed E-state index contributed by atoms with van der Waals surface area (Å²) in [7, 11) is 1.87. The van der Waals surface area contributed by atoms with Crippen molar-refractivity contribution in [1.82, 2.24) is 10.2 Å².